The fraction of sp³-hybridized carbons (Fsp3) is 0.0714. The lowest BCUT2D eigenvalue weighted by atomic mass is 9.94. The molecule has 152 valence electrons. The number of benzene rings is 4. The van der Waals surface area contributed by atoms with Gasteiger partial charge in [0, 0.05) is 38.7 Å². The van der Waals surface area contributed by atoms with E-state index < -0.39 is 0 Å². The van der Waals surface area contributed by atoms with Gasteiger partial charge in [0.2, 0.25) is 0 Å². The molecule has 3 heterocycles. The molecule has 32 heavy (non-hydrogen) atoms. The first-order valence-corrected chi connectivity index (χ1v) is 11.7. The summed E-state index contributed by atoms with van der Waals surface area (Å²) in [4.78, 5) is 12.3. The van der Waals surface area contributed by atoms with Crippen molar-refractivity contribution in [2.75, 3.05) is 0 Å². The number of pyridine rings is 1. The lowest BCUT2D eigenvalue weighted by Gasteiger charge is -2.24. The highest BCUT2D eigenvalue weighted by Gasteiger charge is 2.26. The topological polar surface area (TPSA) is 30.7 Å². The fourth-order valence-electron chi connectivity index (χ4n) is 5.01. The maximum atomic E-state index is 4.99. The largest absolute Gasteiger partial charge is 0.293 e. The van der Waals surface area contributed by atoms with Crippen LogP contribution in [0.2, 0.25) is 0 Å². The molecular formula is C28H19N3S. The molecule has 0 N–H and O–H groups in total. The zero-order valence-electron chi connectivity index (χ0n) is 17.5. The Bertz CT molecular complexity index is 1700. The smallest absolute Gasteiger partial charge is 0.114 e. The quantitative estimate of drug-likeness (QED) is 0.268. The highest BCUT2D eigenvalue weighted by molar-refractivity contribution is 7.99. The molecule has 0 aliphatic carbocycles. The van der Waals surface area contributed by atoms with Gasteiger partial charge in [0.15, 0.2) is 0 Å². The number of hydrogen-bond donors (Lipinski definition) is 0. The molecule has 0 spiro atoms. The van der Waals surface area contributed by atoms with Crippen LogP contribution in [0.15, 0.2) is 94.9 Å². The molecule has 6 aromatic rings. The molecule has 2 aromatic heterocycles. The minimum absolute atomic E-state index is 0.882. The van der Waals surface area contributed by atoms with Crippen LogP contribution in [0.3, 0.4) is 0 Å². The summed E-state index contributed by atoms with van der Waals surface area (Å²) in [6.07, 6.45) is 2.77. The molecule has 0 unspecified atom stereocenters. The molecule has 7 rings (SSSR count). The first kappa shape index (κ1) is 18.0. The summed E-state index contributed by atoms with van der Waals surface area (Å²) in [5.74, 6) is 1.10. The average Bonchev–Trinajstić information content (AvgIpc) is 3.23. The van der Waals surface area contributed by atoms with Gasteiger partial charge in [0.05, 0.1) is 22.2 Å². The van der Waals surface area contributed by atoms with Crippen LogP contribution in [0.25, 0.3) is 49.5 Å². The number of imidazole rings is 1. The normalized spacial score (nSPS) is 12.5. The van der Waals surface area contributed by atoms with E-state index in [1.165, 1.54) is 48.3 Å². The van der Waals surface area contributed by atoms with E-state index in [4.69, 9.17) is 9.97 Å². The summed E-state index contributed by atoms with van der Waals surface area (Å²) in [6.45, 7) is 2.18. The Kier molecular flexibility index (Phi) is 3.76. The van der Waals surface area contributed by atoms with E-state index in [9.17, 15) is 0 Å². The molecule has 4 heteroatoms. The second-order valence-corrected chi connectivity index (χ2v) is 9.22. The van der Waals surface area contributed by atoms with Gasteiger partial charge in [0.25, 0.3) is 0 Å². The van der Waals surface area contributed by atoms with E-state index >= 15 is 0 Å². The van der Waals surface area contributed by atoms with Crippen LogP contribution in [0, 0.1) is 0 Å². The first-order chi connectivity index (χ1) is 15.8. The van der Waals surface area contributed by atoms with E-state index in [0.717, 1.165) is 23.3 Å². The maximum absolute atomic E-state index is 4.99. The molecule has 0 bridgehead atoms. The second kappa shape index (κ2) is 6.68. The van der Waals surface area contributed by atoms with Crippen molar-refractivity contribution in [3.63, 3.8) is 0 Å². The van der Waals surface area contributed by atoms with Crippen molar-refractivity contribution >= 4 is 44.5 Å². The Balaban J connectivity index is 1.64. The zero-order chi connectivity index (χ0) is 21.2. The highest BCUT2D eigenvalue weighted by Crippen LogP contribution is 2.48. The third-order valence-corrected chi connectivity index (χ3v) is 7.47. The molecule has 4 aromatic carbocycles. The molecule has 0 saturated heterocycles. The van der Waals surface area contributed by atoms with Crippen molar-refractivity contribution in [1.82, 2.24) is 14.5 Å². The van der Waals surface area contributed by atoms with Gasteiger partial charge in [0.1, 0.15) is 5.82 Å². The maximum Gasteiger partial charge on any atom is 0.114 e. The van der Waals surface area contributed by atoms with Crippen molar-refractivity contribution in [1.29, 1.82) is 0 Å². The summed E-state index contributed by atoms with van der Waals surface area (Å²) in [6, 6.07) is 28.2. The Morgan fingerprint density at radius 1 is 0.812 bits per heavy atom. The summed E-state index contributed by atoms with van der Waals surface area (Å²) in [5.41, 5.74) is 7.01. The molecular weight excluding hydrogens is 410 g/mol. The number of fused-ring (bicyclic) bond motifs is 5. The van der Waals surface area contributed by atoms with Crippen LogP contribution in [0.5, 0.6) is 0 Å². The lowest BCUT2D eigenvalue weighted by molar-refractivity contribution is 0.889. The minimum atomic E-state index is 0.882. The van der Waals surface area contributed by atoms with Crippen molar-refractivity contribution < 1.29 is 0 Å². The zero-order valence-corrected chi connectivity index (χ0v) is 18.4. The van der Waals surface area contributed by atoms with Gasteiger partial charge in [-0.25, -0.2) is 4.98 Å². The molecule has 0 atom stereocenters. The van der Waals surface area contributed by atoms with Gasteiger partial charge in [-0.1, -0.05) is 67.2 Å². The third-order valence-electron chi connectivity index (χ3n) is 6.37. The Hall–Kier alpha value is -3.63. The van der Waals surface area contributed by atoms with Crippen LogP contribution >= 0.6 is 11.8 Å². The Morgan fingerprint density at radius 3 is 2.59 bits per heavy atom. The van der Waals surface area contributed by atoms with Crippen LogP contribution in [0.1, 0.15) is 12.7 Å². The van der Waals surface area contributed by atoms with Crippen LogP contribution < -0.4 is 0 Å². The van der Waals surface area contributed by atoms with Crippen molar-refractivity contribution in [3.05, 3.63) is 90.9 Å². The van der Waals surface area contributed by atoms with Crippen LogP contribution in [-0.4, -0.2) is 14.5 Å². The lowest BCUT2D eigenvalue weighted by Crippen LogP contribution is -2.07. The third kappa shape index (κ3) is 2.38. The SMILES string of the molecule is CCc1nc2cccc3c2n1-c1c(cccc1-c1cc2ccccc2c2ncccc12)S3. The number of aromatic nitrogens is 3. The minimum Gasteiger partial charge on any atom is -0.293 e. The Labute approximate surface area is 189 Å². The van der Waals surface area contributed by atoms with E-state index in [-0.39, 0.29) is 0 Å². The molecule has 1 aliphatic heterocycles. The number of rotatable bonds is 2. The molecule has 0 amide bonds. The Morgan fingerprint density at radius 2 is 1.66 bits per heavy atom. The van der Waals surface area contributed by atoms with Gasteiger partial charge in [-0.2, -0.15) is 0 Å². The summed E-state index contributed by atoms with van der Waals surface area (Å²) in [7, 11) is 0. The molecule has 0 fully saturated rings. The highest BCUT2D eigenvalue weighted by atomic mass is 32.2. The number of para-hydroxylation sites is 2. The predicted molar refractivity (Wildman–Crippen MR) is 133 cm³/mol. The van der Waals surface area contributed by atoms with Crippen molar-refractivity contribution in [2.45, 2.75) is 23.1 Å². The standard InChI is InChI=1S/C28H19N3S/c1-2-25-30-22-12-6-14-24-28(22)31(25)27-20(10-5-13-23(27)32-24)21-16-17-8-3-4-9-18(17)26-19(21)11-7-15-29-26/h3-16H,2H2,1H3. The monoisotopic (exact) mass is 429 g/mol. The van der Waals surface area contributed by atoms with Crippen LogP contribution in [0.4, 0.5) is 0 Å². The number of nitrogens with zero attached hydrogens (tertiary/aromatic N) is 3. The van der Waals surface area contributed by atoms with E-state index in [1.807, 2.05) is 24.0 Å². The number of aryl methyl sites for hydroxylation is 1. The summed E-state index contributed by atoms with van der Waals surface area (Å²) >= 11 is 1.84. The van der Waals surface area contributed by atoms with Crippen molar-refractivity contribution in [3.8, 4) is 16.8 Å². The molecule has 3 nitrogen and oxygen atoms in total. The average molecular weight is 430 g/mol. The van der Waals surface area contributed by atoms with Crippen molar-refractivity contribution in [2.24, 2.45) is 0 Å². The van der Waals surface area contributed by atoms with Crippen LogP contribution in [-0.2, 0) is 6.42 Å². The number of hydrogen-bond acceptors (Lipinski definition) is 3. The second-order valence-electron chi connectivity index (χ2n) is 8.14. The molecule has 0 saturated carbocycles. The summed E-state index contributed by atoms with van der Waals surface area (Å²) in [5, 5.41) is 3.58. The fourth-order valence-corrected chi connectivity index (χ4v) is 6.13. The molecule has 1 aliphatic rings. The molecule has 0 radical (unpaired) electrons. The first-order valence-electron chi connectivity index (χ1n) is 10.9. The van der Waals surface area contributed by atoms with Gasteiger partial charge in [-0.05, 0) is 41.3 Å². The van der Waals surface area contributed by atoms with Gasteiger partial charge in [-0.3, -0.25) is 9.55 Å². The van der Waals surface area contributed by atoms with Gasteiger partial charge < -0.3 is 0 Å². The summed E-state index contributed by atoms with van der Waals surface area (Å²) < 4.78 is 2.39. The van der Waals surface area contributed by atoms with E-state index in [2.05, 4.69) is 84.3 Å². The van der Waals surface area contributed by atoms with Gasteiger partial charge >= 0.3 is 0 Å². The predicted octanol–water partition coefficient (Wildman–Crippen LogP) is 7.42. The van der Waals surface area contributed by atoms with E-state index in [1.54, 1.807) is 0 Å². The van der Waals surface area contributed by atoms with E-state index in [0.29, 0.717) is 0 Å². The van der Waals surface area contributed by atoms with Gasteiger partial charge in [-0.15, -0.1) is 0 Å².